The first-order valence-electron chi connectivity index (χ1n) is 5.91. The van der Waals surface area contributed by atoms with Crippen LogP contribution in [0.25, 0.3) is 0 Å². The lowest BCUT2D eigenvalue weighted by atomic mass is 10.1. The molecule has 0 aliphatic heterocycles. The van der Waals surface area contributed by atoms with Crippen LogP contribution in [-0.2, 0) is 6.54 Å². The Morgan fingerprint density at radius 1 is 1.20 bits per heavy atom. The number of halogens is 2. The molecule has 2 rings (SSSR count). The molecular weight excluding hydrogens is 299 g/mol. The molecule has 0 atom stereocenters. The maximum atomic E-state index is 10.9. The van der Waals surface area contributed by atoms with E-state index < -0.39 is 4.92 Å². The Hall–Kier alpha value is -1.78. The fourth-order valence-corrected chi connectivity index (χ4v) is 2.34. The van der Waals surface area contributed by atoms with Crippen LogP contribution < -0.4 is 5.32 Å². The fourth-order valence-electron chi connectivity index (χ4n) is 1.81. The smallest absolute Gasteiger partial charge is 0.274 e. The number of hydrogen-bond donors (Lipinski definition) is 1. The lowest BCUT2D eigenvalue weighted by Gasteiger charge is -2.10. The summed E-state index contributed by atoms with van der Waals surface area (Å²) in [6.45, 7) is 2.10. The molecule has 0 saturated heterocycles. The molecule has 0 unspecified atom stereocenters. The van der Waals surface area contributed by atoms with Crippen LogP contribution in [0.3, 0.4) is 0 Å². The average molecular weight is 311 g/mol. The molecule has 0 aliphatic carbocycles. The van der Waals surface area contributed by atoms with Crippen molar-refractivity contribution in [3.63, 3.8) is 0 Å². The summed E-state index contributed by atoms with van der Waals surface area (Å²) in [4.78, 5) is 10.5. The van der Waals surface area contributed by atoms with E-state index in [1.165, 1.54) is 6.07 Å². The summed E-state index contributed by atoms with van der Waals surface area (Å²) in [6.07, 6.45) is 0. The maximum absolute atomic E-state index is 10.9. The van der Waals surface area contributed by atoms with Crippen LogP contribution in [0.15, 0.2) is 36.4 Å². The second-order valence-electron chi connectivity index (χ2n) is 4.31. The van der Waals surface area contributed by atoms with Crippen molar-refractivity contribution in [1.82, 2.24) is 0 Å². The van der Waals surface area contributed by atoms with E-state index in [9.17, 15) is 10.1 Å². The minimum absolute atomic E-state index is 0.0836. The van der Waals surface area contributed by atoms with Gasteiger partial charge in [0.15, 0.2) is 0 Å². The minimum atomic E-state index is -0.400. The van der Waals surface area contributed by atoms with Crippen LogP contribution >= 0.6 is 23.2 Å². The Bertz CT molecular complexity index is 639. The van der Waals surface area contributed by atoms with Crippen molar-refractivity contribution in [3.05, 3.63) is 67.7 Å². The number of nitrogens with zero attached hydrogens (tertiary/aromatic N) is 1. The maximum Gasteiger partial charge on any atom is 0.274 e. The topological polar surface area (TPSA) is 55.2 Å². The summed E-state index contributed by atoms with van der Waals surface area (Å²) < 4.78 is 0. The molecular formula is C14H12Cl2N2O2. The van der Waals surface area contributed by atoms with Crippen molar-refractivity contribution in [3.8, 4) is 0 Å². The highest BCUT2D eigenvalue weighted by Gasteiger charge is 2.11. The molecule has 4 nitrogen and oxygen atoms in total. The molecule has 0 bridgehead atoms. The van der Waals surface area contributed by atoms with E-state index in [0.29, 0.717) is 27.8 Å². The quantitative estimate of drug-likeness (QED) is 0.650. The van der Waals surface area contributed by atoms with Gasteiger partial charge >= 0.3 is 0 Å². The lowest BCUT2D eigenvalue weighted by Crippen LogP contribution is -2.02. The number of benzene rings is 2. The minimum Gasteiger partial charge on any atom is -0.381 e. The summed E-state index contributed by atoms with van der Waals surface area (Å²) >= 11 is 12.1. The number of nitro benzene ring substituents is 1. The van der Waals surface area contributed by atoms with Crippen molar-refractivity contribution in [2.75, 3.05) is 5.32 Å². The summed E-state index contributed by atoms with van der Waals surface area (Å²) in [5, 5.41) is 15.1. The van der Waals surface area contributed by atoms with Crippen molar-refractivity contribution < 1.29 is 4.92 Å². The van der Waals surface area contributed by atoms with Crippen LogP contribution in [0.2, 0.25) is 10.0 Å². The molecule has 2 aromatic rings. The van der Waals surface area contributed by atoms with Gasteiger partial charge in [-0.05, 0) is 25.1 Å². The summed E-state index contributed by atoms with van der Waals surface area (Å²) in [7, 11) is 0. The molecule has 0 aromatic heterocycles. The molecule has 2 aromatic carbocycles. The van der Waals surface area contributed by atoms with Crippen LogP contribution in [0.5, 0.6) is 0 Å². The van der Waals surface area contributed by atoms with Gasteiger partial charge < -0.3 is 5.32 Å². The van der Waals surface area contributed by atoms with Crippen LogP contribution in [0.1, 0.15) is 11.1 Å². The van der Waals surface area contributed by atoms with E-state index in [-0.39, 0.29) is 5.69 Å². The molecule has 6 heteroatoms. The van der Waals surface area contributed by atoms with E-state index in [0.717, 1.165) is 5.56 Å². The SMILES string of the molecule is Cc1ccc(NCc2c(Cl)cccc2Cl)cc1[N+](=O)[O-]. The lowest BCUT2D eigenvalue weighted by molar-refractivity contribution is -0.385. The zero-order chi connectivity index (χ0) is 14.7. The van der Waals surface area contributed by atoms with Gasteiger partial charge in [0.1, 0.15) is 0 Å². The summed E-state index contributed by atoms with van der Waals surface area (Å²) in [5.41, 5.74) is 2.12. The summed E-state index contributed by atoms with van der Waals surface area (Å²) in [5.74, 6) is 0. The van der Waals surface area contributed by atoms with Crippen molar-refractivity contribution in [1.29, 1.82) is 0 Å². The number of rotatable bonds is 4. The zero-order valence-corrected chi connectivity index (χ0v) is 12.2. The van der Waals surface area contributed by atoms with E-state index in [4.69, 9.17) is 23.2 Å². The number of nitrogens with one attached hydrogen (secondary N) is 1. The van der Waals surface area contributed by atoms with Crippen LogP contribution in [0, 0.1) is 17.0 Å². The molecule has 104 valence electrons. The number of nitro groups is 1. The monoisotopic (exact) mass is 310 g/mol. The highest BCUT2D eigenvalue weighted by molar-refractivity contribution is 6.36. The van der Waals surface area contributed by atoms with Gasteiger partial charge in [-0.1, -0.05) is 35.3 Å². The fraction of sp³-hybridized carbons (Fsp3) is 0.143. The van der Waals surface area contributed by atoms with Crippen molar-refractivity contribution in [2.45, 2.75) is 13.5 Å². The predicted molar refractivity (Wildman–Crippen MR) is 81.6 cm³/mol. The molecule has 0 spiro atoms. The van der Waals surface area contributed by atoms with Crippen LogP contribution in [-0.4, -0.2) is 4.92 Å². The van der Waals surface area contributed by atoms with E-state index >= 15 is 0 Å². The molecule has 0 saturated carbocycles. The molecule has 0 amide bonds. The van der Waals surface area contributed by atoms with E-state index in [1.54, 1.807) is 37.3 Å². The first kappa shape index (κ1) is 14.6. The van der Waals surface area contributed by atoms with Crippen molar-refractivity contribution in [2.24, 2.45) is 0 Å². The van der Waals surface area contributed by atoms with Gasteiger partial charge in [0.2, 0.25) is 0 Å². The first-order valence-corrected chi connectivity index (χ1v) is 6.66. The molecule has 0 heterocycles. The van der Waals surface area contributed by atoms with E-state index in [2.05, 4.69) is 5.32 Å². The largest absolute Gasteiger partial charge is 0.381 e. The zero-order valence-electron chi connectivity index (χ0n) is 10.7. The Morgan fingerprint density at radius 3 is 2.45 bits per heavy atom. The Kier molecular flexibility index (Phi) is 4.47. The molecule has 0 radical (unpaired) electrons. The first-order chi connectivity index (χ1) is 9.49. The molecule has 1 N–H and O–H groups in total. The van der Waals surface area contributed by atoms with Gasteiger partial charge in [0.05, 0.1) is 4.92 Å². The molecule has 0 fully saturated rings. The number of aryl methyl sites for hydroxylation is 1. The second-order valence-corrected chi connectivity index (χ2v) is 5.13. The number of hydrogen-bond acceptors (Lipinski definition) is 3. The molecule has 20 heavy (non-hydrogen) atoms. The Labute approximate surface area is 126 Å². The third-order valence-electron chi connectivity index (χ3n) is 2.94. The Balaban J connectivity index is 2.19. The summed E-state index contributed by atoms with van der Waals surface area (Å²) in [6, 6.07) is 10.3. The Morgan fingerprint density at radius 2 is 1.85 bits per heavy atom. The highest BCUT2D eigenvalue weighted by atomic mass is 35.5. The average Bonchev–Trinajstić information content (AvgIpc) is 2.39. The van der Waals surface area contributed by atoms with Crippen molar-refractivity contribution >= 4 is 34.6 Å². The van der Waals surface area contributed by atoms with Gasteiger partial charge in [-0.2, -0.15) is 0 Å². The van der Waals surface area contributed by atoms with Gasteiger partial charge in [-0.3, -0.25) is 10.1 Å². The van der Waals surface area contributed by atoms with Gasteiger partial charge in [0.25, 0.3) is 5.69 Å². The third kappa shape index (κ3) is 3.21. The van der Waals surface area contributed by atoms with Gasteiger partial charge in [0, 0.05) is 39.5 Å². The standard InChI is InChI=1S/C14H12Cl2N2O2/c1-9-5-6-10(7-14(9)18(19)20)17-8-11-12(15)3-2-4-13(11)16/h2-7,17H,8H2,1H3. The predicted octanol–water partition coefficient (Wildman–Crippen LogP) is 4.82. The van der Waals surface area contributed by atoms with Gasteiger partial charge in [-0.25, -0.2) is 0 Å². The third-order valence-corrected chi connectivity index (χ3v) is 3.65. The van der Waals surface area contributed by atoms with Gasteiger partial charge in [-0.15, -0.1) is 0 Å². The van der Waals surface area contributed by atoms with Crippen LogP contribution in [0.4, 0.5) is 11.4 Å². The number of anilines is 1. The second kappa shape index (κ2) is 6.11. The molecule has 0 aliphatic rings. The normalized spacial score (nSPS) is 10.3. The van der Waals surface area contributed by atoms with E-state index in [1.807, 2.05) is 0 Å². The highest BCUT2D eigenvalue weighted by Crippen LogP contribution is 2.27.